The lowest BCUT2D eigenvalue weighted by atomic mass is 9.95. The molecule has 1 saturated carbocycles. The number of alkyl halides is 3. The van der Waals surface area contributed by atoms with E-state index in [1.807, 2.05) is 0 Å². The smallest absolute Gasteiger partial charge is 0.356 e. The third kappa shape index (κ3) is 8.41. The van der Waals surface area contributed by atoms with Gasteiger partial charge in [-0.05, 0) is 12.8 Å². The van der Waals surface area contributed by atoms with E-state index in [1.54, 1.807) is 0 Å². The summed E-state index contributed by atoms with van der Waals surface area (Å²) in [6, 6.07) is 0.216. The highest BCUT2D eigenvalue weighted by molar-refractivity contribution is 5.86. The summed E-state index contributed by atoms with van der Waals surface area (Å²) in [7, 11) is 1.45. The number of nitrogens with one attached hydrogen (secondary N) is 3. The fourth-order valence-corrected chi connectivity index (χ4v) is 2.23. The molecule has 5 nitrogen and oxygen atoms in total. The molecule has 1 aliphatic carbocycles. The van der Waals surface area contributed by atoms with Crippen molar-refractivity contribution in [3.8, 4) is 0 Å². The molecule has 0 spiro atoms. The number of halogens is 3. The first-order valence-electron chi connectivity index (χ1n) is 7.21. The molecule has 1 fully saturated rings. The van der Waals surface area contributed by atoms with Gasteiger partial charge in [0.05, 0.1) is 13.0 Å². The largest absolute Gasteiger partial charge is 0.390 e. The quantitative estimate of drug-likeness (QED) is 0.533. The molecule has 0 aromatic heterocycles. The lowest BCUT2D eigenvalue weighted by molar-refractivity contribution is -0.132. The van der Waals surface area contributed by atoms with Crippen molar-refractivity contribution in [2.24, 2.45) is 4.99 Å². The first kappa shape index (κ1) is 17.6. The lowest BCUT2D eigenvalue weighted by Gasteiger charge is -2.23. The van der Waals surface area contributed by atoms with Crippen LogP contribution in [0.3, 0.4) is 0 Å². The van der Waals surface area contributed by atoms with E-state index in [4.69, 9.17) is 0 Å². The zero-order valence-electron chi connectivity index (χ0n) is 12.2. The van der Waals surface area contributed by atoms with Gasteiger partial charge < -0.3 is 16.0 Å². The Kier molecular flexibility index (Phi) is 7.31. The molecular weight excluding hydrogens is 285 g/mol. The maximum Gasteiger partial charge on any atom is 0.390 e. The van der Waals surface area contributed by atoms with Gasteiger partial charge in [0.25, 0.3) is 0 Å². The molecule has 1 rings (SSSR count). The lowest BCUT2D eigenvalue weighted by Crippen LogP contribution is -2.46. The van der Waals surface area contributed by atoms with Gasteiger partial charge in [-0.1, -0.05) is 19.3 Å². The van der Waals surface area contributed by atoms with Crippen molar-refractivity contribution in [1.82, 2.24) is 16.0 Å². The minimum absolute atomic E-state index is 0.00217. The molecule has 0 aliphatic heterocycles. The number of hydrogen-bond acceptors (Lipinski definition) is 2. The van der Waals surface area contributed by atoms with Gasteiger partial charge in [0.1, 0.15) is 0 Å². The number of nitrogens with zero attached hydrogens (tertiary/aromatic N) is 1. The number of rotatable bonds is 5. The third-order valence-corrected chi connectivity index (χ3v) is 3.31. The molecule has 8 heteroatoms. The molecule has 1 amide bonds. The number of amides is 1. The number of aliphatic imine (C=N–C) groups is 1. The predicted molar refractivity (Wildman–Crippen MR) is 75.1 cm³/mol. The molecule has 3 N–H and O–H groups in total. The standard InChI is InChI=1S/C13H23F3N4O/c1-17-12(18-8-7-13(14,15)16)19-9-11(21)20-10-5-3-2-4-6-10/h10H,2-9H2,1H3,(H,20,21)(H2,17,18,19). The molecule has 21 heavy (non-hydrogen) atoms. The zero-order valence-corrected chi connectivity index (χ0v) is 12.2. The SMILES string of the molecule is CN=C(NCCC(F)(F)F)NCC(=O)NC1CCCCC1. The Balaban J connectivity index is 2.20. The van der Waals surface area contributed by atoms with Crippen LogP contribution in [-0.2, 0) is 4.79 Å². The molecule has 122 valence electrons. The van der Waals surface area contributed by atoms with E-state index in [1.165, 1.54) is 13.5 Å². The molecule has 0 aromatic carbocycles. The van der Waals surface area contributed by atoms with Crippen molar-refractivity contribution in [3.05, 3.63) is 0 Å². The highest BCUT2D eigenvalue weighted by atomic mass is 19.4. The minimum atomic E-state index is -4.20. The Bertz CT molecular complexity index is 352. The average Bonchev–Trinajstić information content (AvgIpc) is 2.42. The summed E-state index contributed by atoms with van der Waals surface area (Å²) in [5.41, 5.74) is 0. The summed E-state index contributed by atoms with van der Waals surface area (Å²) >= 11 is 0. The number of hydrogen-bond donors (Lipinski definition) is 3. The predicted octanol–water partition coefficient (Wildman–Crippen LogP) is 1.55. The van der Waals surface area contributed by atoms with Crippen molar-refractivity contribution in [2.75, 3.05) is 20.1 Å². The van der Waals surface area contributed by atoms with Gasteiger partial charge in [0.2, 0.25) is 5.91 Å². The van der Waals surface area contributed by atoms with Crippen LogP contribution in [0, 0.1) is 0 Å². The Morgan fingerprint density at radius 2 is 1.86 bits per heavy atom. The first-order chi connectivity index (χ1) is 9.90. The van der Waals surface area contributed by atoms with E-state index in [-0.39, 0.29) is 31.0 Å². The second-order valence-electron chi connectivity index (χ2n) is 5.12. The Morgan fingerprint density at radius 3 is 2.43 bits per heavy atom. The maximum absolute atomic E-state index is 12.0. The third-order valence-electron chi connectivity index (χ3n) is 3.31. The van der Waals surface area contributed by atoms with Crippen LogP contribution in [0.15, 0.2) is 4.99 Å². The van der Waals surface area contributed by atoms with E-state index in [9.17, 15) is 18.0 Å². The van der Waals surface area contributed by atoms with Crippen LogP contribution in [0.1, 0.15) is 38.5 Å². The van der Waals surface area contributed by atoms with Crippen molar-refractivity contribution >= 4 is 11.9 Å². The van der Waals surface area contributed by atoms with Gasteiger partial charge in [-0.2, -0.15) is 13.2 Å². The molecule has 0 aromatic rings. The Morgan fingerprint density at radius 1 is 1.19 bits per heavy atom. The minimum Gasteiger partial charge on any atom is -0.356 e. The van der Waals surface area contributed by atoms with Gasteiger partial charge >= 0.3 is 6.18 Å². The van der Waals surface area contributed by atoms with Crippen LogP contribution in [0.25, 0.3) is 0 Å². The summed E-state index contributed by atoms with van der Waals surface area (Å²) in [5.74, 6) is 0.0266. The second kappa shape index (κ2) is 8.74. The topological polar surface area (TPSA) is 65.5 Å². The van der Waals surface area contributed by atoms with Gasteiger partial charge in [-0.25, -0.2) is 0 Å². The van der Waals surface area contributed by atoms with Gasteiger partial charge in [0.15, 0.2) is 5.96 Å². The first-order valence-corrected chi connectivity index (χ1v) is 7.21. The average molecular weight is 308 g/mol. The molecule has 0 saturated heterocycles. The van der Waals surface area contributed by atoms with Crippen molar-refractivity contribution in [2.45, 2.75) is 50.7 Å². The van der Waals surface area contributed by atoms with Crippen molar-refractivity contribution < 1.29 is 18.0 Å². The number of carbonyl (C=O) groups excluding carboxylic acids is 1. The van der Waals surface area contributed by atoms with E-state index >= 15 is 0 Å². The Hall–Kier alpha value is -1.47. The molecule has 1 aliphatic rings. The van der Waals surface area contributed by atoms with Crippen LogP contribution in [0.2, 0.25) is 0 Å². The summed E-state index contributed by atoms with van der Waals surface area (Å²) in [5, 5.41) is 8.14. The number of guanidine groups is 1. The maximum atomic E-state index is 12.0. The van der Waals surface area contributed by atoms with Crippen LogP contribution in [0.5, 0.6) is 0 Å². The summed E-state index contributed by atoms with van der Waals surface area (Å²) in [6.45, 7) is -0.268. The fraction of sp³-hybridized carbons (Fsp3) is 0.846. The molecule has 0 radical (unpaired) electrons. The Labute approximate surface area is 122 Å². The summed E-state index contributed by atoms with van der Waals surface area (Å²) < 4.78 is 36.1. The van der Waals surface area contributed by atoms with Gasteiger partial charge in [0, 0.05) is 19.6 Å². The second-order valence-corrected chi connectivity index (χ2v) is 5.12. The van der Waals surface area contributed by atoms with Gasteiger partial charge in [-0.3, -0.25) is 9.79 Å². The van der Waals surface area contributed by atoms with E-state index < -0.39 is 12.6 Å². The summed E-state index contributed by atoms with van der Waals surface area (Å²) in [6.07, 6.45) is 0.291. The van der Waals surface area contributed by atoms with E-state index in [0.29, 0.717) is 0 Å². The van der Waals surface area contributed by atoms with E-state index in [2.05, 4.69) is 20.9 Å². The van der Waals surface area contributed by atoms with Gasteiger partial charge in [-0.15, -0.1) is 0 Å². The van der Waals surface area contributed by atoms with Crippen LogP contribution in [-0.4, -0.2) is 44.2 Å². The monoisotopic (exact) mass is 308 g/mol. The highest BCUT2D eigenvalue weighted by Crippen LogP contribution is 2.18. The summed E-state index contributed by atoms with van der Waals surface area (Å²) in [4.78, 5) is 15.5. The van der Waals surface area contributed by atoms with Crippen LogP contribution < -0.4 is 16.0 Å². The van der Waals surface area contributed by atoms with Crippen LogP contribution >= 0.6 is 0 Å². The van der Waals surface area contributed by atoms with Crippen molar-refractivity contribution in [3.63, 3.8) is 0 Å². The molecule has 0 unspecified atom stereocenters. The molecular formula is C13H23F3N4O. The molecule has 0 bridgehead atoms. The van der Waals surface area contributed by atoms with Crippen LogP contribution in [0.4, 0.5) is 13.2 Å². The highest BCUT2D eigenvalue weighted by Gasteiger charge is 2.26. The normalized spacial score (nSPS) is 17.4. The molecule has 0 atom stereocenters. The number of carbonyl (C=O) groups is 1. The zero-order chi connectivity index (χ0) is 15.7. The molecule has 0 heterocycles. The van der Waals surface area contributed by atoms with Crippen molar-refractivity contribution in [1.29, 1.82) is 0 Å². The van der Waals surface area contributed by atoms with E-state index in [0.717, 1.165) is 25.7 Å². The fourth-order valence-electron chi connectivity index (χ4n) is 2.23.